The van der Waals surface area contributed by atoms with Crippen molar-refractivity contribution >= 4 is 23.2 Å². The second-order valence-corrected chi connectivity index (χ2v) is 6.54. The van der Waals surface area contributed by atoms with Crippen LogP contribution >= 0.6 is 12.3 Å². The van der Waals surface area contributed by atoms with E-state index in [0.29, 0.717) is 11.9 Å². The van der Waals surface area contributed by atoms with Gasteiger partial charge in [-0.3, -0.25) is 4.79 Å². The quantitative estimate of drug-likeness (QED) is 0.452. The predicted octanol–water partition coefficient (Wildman–Crippen LogP) is 3.89. The van der Waals surface area contributed by atoms with E-state index in [1.54, 1.807) is 12.3 Å². The molecule has 0 amide bonds. The number of benzene rings is 1. The number of alkyl halides is 3. The first-order valence-corrected chi connectivity index (χ1v) is 8.90. The normalized spacial score (nSPS) is 12.0. The van der Waals surface area contributed by atoms with Gasteiger partial charge in [0.05, 0.1) is 11.7 Å². The van der Waals surface area contributed by atoms with E-state index < -0.39 is 17.6 Å². The van der Waals surface area contributed by atoms with E-state index in [0.717, 1.165) is 21.1 Å². The number of para-hydroxylation sites is 1. The van der Waals surface area contributed by atoms with Crippen LogP contribution in [0, 0.1) is 0 Å². The van der Waals surface area contributed by atoms with Crippen molar-refractivity contribution in [3.05, 3.63) is 64.5 Å². The summed E-state index contributed by atoms with van der Waals surface area (Å²) < 4.78 is 57.5. The van der Waals surface area contributed by atoms with Crippen molar-refractivity contribution in [2.75, 3.05) is 0 Å². The molecule has 0 fully saturated rings. The van der Waals surface area contributed by atoms with Crippen molar-refractivity contribution in [2.45, 2.75) is 19.1 Å². The van der Waals surface area contributed by atoms with Crippen molar-refractivity contribution in [3.8, 4) is 11.4 Å². The maximum absolute atomic E-state index is 13.0. The third kappa shape index (κ3) is 3.75. The zero-order valence-electron chi connectivity index (χ0n) is 14.4. The van der Waals surface area contributed by atoms with Crippen LogP contribution in [0.4, 0.5) is 17.1 Å². The Hall–Kier alpha value is -3.15. The van der Waals surface area contributed by atoms with Crippen LogP contribution in [0.15, 0.2) is 52.0 Å². The lowest BCUT2D eigenvalue weighted by atomic mass is 10.1. The molecule has 150 valence electrons. The third-order valence-corrected chi connectivity index (χ3v) is 4.66. The average molecular weight is 425 g/mol. The van der Waals surface area contributed by atoms with Gasteiger partial charge in [-0.15, -0.1) is 3.89 Å². The zero-order chi connectivity index (χ0) is 20.6. The van der Waals surface area contributed by atoms with Gasteiger partial charge in [0, 0.05) is 29.8 Å². The minimum Gasteiger partial charge on any atom is -0.329 e. The average Bonchev–Trinajstić information content (AvgIpc) is 3.34. The van der Waals surface area contributed by atoms with Gasteiger partial charge in [0.1, 0.15) is 0 Å². The van der Waals surface area contributed by atoms with Gasteiger partial charge >= 0.3 is 12.1 Å². The molecule has 3 aromatic heterocycles. The number of rotatable bonds is 5. The molecule has 0 saturated heterocycles. The fraction of sp³-hybridized carbons (Fsp3) is 0.176. The van der Waals surface area contributed by atoms with Gasteiger partial charge in [-0.1, -0.05) is 23.4 Å². The van der Waals surface area contributed by atoms with E-state index in [2.05, 4.69) is 19.8 Å². The van der Waals surface area contributed by atoms with Gasteiger partial charge in [0.25, 0.3) is 5.56 Å². The highest BCUT2D eigenvalue weighted by atomic mass is 32.2. The molecule has 1 aromatic carbocycles. The Morgan fingerprint density at radius 3 is 2.72 bits per heavy atom. The number of pyridine rings is 1. The second-order valence-electron chi connectivity index (χ2n) is 6.06. The van der Waals surface area contributed by atoms with Gasteiger partial charge in [0.15, 0.2) is 12.3 Å². The summed E-state index contributed by atoms with van der Waals surface area (Å²) in [7, 11) is 0. The molecule has 0 N–H and O–H groups in total. The van der Waals surface area contributed by atoms with Gasteiger partial charge in [0.2, 0.25) is 5.82 Å². The van der Waals surface area contributed by atoms with Crippen LogP contribution in [0.3, 0.4) is 0 Å². The summed E-state index contributed by atoms with van der Waals surface area (Å²) in [6.45, 7) is 0.278. The van der Waals surface area contributed by atoms with Crippen LogP contribution < -0.4 is 5.56 Å². The minimum absolute atomic E-state index is 0.0186. The molecule has 4 aromatic rings. The van der Waals surface area contributed by atoms with Crippen LogP contribution in [0.25, 0.3) is 22.3 Å². The highest BCUT2D eigenvalue weighted by Gasteiger charge is 2.38. The van der Waals surface area contributed by atoms with Gasteiger partial charge < -0.3 is 9.09 Å². The number of hydrogen-bond acceptors (Lipinski definition) is 6. The molecule has 0 aliphatic heterocycles. The van der Waals surface area contributed by atoms with E-state index in [1.165, 1.54) is 16.8 Å². The van der Waals surface area contributed by atoms with Gasteiger partial charge in [-0.05, 0) is 18.1 Å². The smallest absolute Gasteiger partial charge is 0.329 e. The van der Waals surface area contributed by atoms with Gasteiger partial charge in [-0.2, -0.15) is 27.3 Å². The Kier molecular flexibility index (Phi) is 4.86. The molecule has 7 nitrogen and oxygen atoms in total. The van der Waals surface area contributed by atoms with Crippen LogP contribution in [0.5, 0.6) is 0 Å². The lowest BCUT2D eigenvalue weighted by molar-refractivity contribution is -0.159. The van der Waals surface area contributed by atoms with Crippen molar-refractivity contribution in [1.82, 2.24) is 23.9 Å². The summed E-state index contributed by atoms with van der Waals surface area (Å²) in [4.78, 5) is 15.6. The molecule has 0 spiro atoms. The van der Waals surface area contributed by atoms with Gasteiger partial charge in [-0.25, -0.2) is 0 Å². The molecule has 0 aliphatic carbocycles. The van der Waals surface area contributed by atoms with Crippen LogP contribution in [-0.2, 0) is 19.1 Å². The fourth-order valence-electron chi connectivity index (χ4n) is 2.90. The van der Waals surface area contributed by atoms with Crippen LogP contribution in [-0.4, -0.2) is 23.9 Å². The van der Waals surface area contributed by atoms with Crippen molar-refractivity contribution in [1.29, 1.82) is 0 Å². The molecule has 12 heteroatoms. The Labute approximate surface area is 164 Å². The lowest BCUT2D eigenvalue weighted by Crippen LogP contribution is -2.20. The Bertz CT molecular complexity index is 1230. The fourth-order valence-corrected chi connectivity index (χ4v) is 3.28. The molecule has 0 aliphatic rings. The second kappa shape index (κ2) is 7.35. The van der Waals surface area contributed by atoms with Crippen molar-refractivity contribution < 1.29 is 21.6 Å². The first-order chi connectivity index (χ1) is 13.9. The first kappa shape index (κ1) is 19.2. The van der Waals surface area contributed by atoms with E-state index in [1.807, 2.05) is 12.1 Å². The van der Waals surface area contributed by atoms with Crippen molar-refractivity contribution in [3.63, 3.8) is 0 Å². The highest BCUT2D eigenvalue weighted by molar-refractivity contribution is 7.92. The summed E-state index contributed by atoms with van der Waals surface area (Å²) >= 11 is -0.0186. The molecule has 0 unspecified atom stereocenters. The Balaban J connectivity index is 1.56. The van der Waals surface area contributed by atoms with Crippen molar-refractivity contribution in [2.24, 2.45) is 0 Å². The van der Waals surface area contributed by atoms with Crippen LogP contribution in [0.2, 0.25) is 0 Å². The first-order valence-electron chi connectivity index (χ1n) is 8.23. The Morgan fingerprint density at radius 1 is 1.21 bits per heavy atom. The molecular weight excluding hydrogens is 414 g/mol. The molecule has 0 saturated carbocycles. The summed E-state index contributed by atoms with van der Waals surface area (Å²) in [6, 6.07) is 7.99. The standard InChI is InChI=1S/C17H11F4N5O2S/c18-17(19,20)16-23-15(24-28-16)11-5-7-25(13(27)8-11)6-4-10-2-1-3-12-9-22-26(29-21)14(10)12/h1-3,5,7-9H,4,6H2. The summed E-state index contributed by atoms with van der Waals surface area (Å²) in [5.41, 5.74) is 1.09. The topological polar surface area (TPSA) is 78.7 Å². The Morgan fingerprint density at radius 2 is 2.03 bits per heavy atom. The number of hydrogen-bond donors (Lipinski definition) is 0. The number of fused-ring (bicyclic) bond motifs is 1. The summed E-state index contributed by atoms with van der Waals surface area (Å²) in [6.07, 6.45) is -1.36. The number of aromatic nitrogens is 5. The molecule has 3 heterocycles. The molecule has 4 rings (SSSR count). The largest absolute Gasteiger partial charge is 0.471 e. The molecule has 0 atom stereocenters. The molecule has 0 radical (unpaired) electrons. The zero-order valence-corrected chi connectivity index (χ0v) is 15.2. The SMILES string of the molecule is O=c1cc(-c2noc(C(F)(F)F)n2)ccn1CCc1cccc2cnn(SF)c12. The summed E-state index contributed by atoms with van der Waals surface area (Å²) in [5.74, 6) is -1.80. The third-order valence-electron chi connectivity index (χ3n) is 4.25. The maximum Gasteiger partial charge on any atom is 0.471 e. The van der Waals surface area contributed by atoms with E-state index in [9.17, 15) is 21.9 Å². The highest BCUT2D eigenvalue weighted by Crippen LogP contribution is 2.29. The number of halogens is 4. The summed E-state index contributed by atoms with van der Waals surface area (Å²) in [5, 5.41) is 7.98. The minimum atomic E-state index is -4.76. The maximum atomic E-state index is 13.0. The monoisotopic (exact) mass is 425 g/mol. The van der Waals surface area contributed by atoms with E-state index in [-0.39, 0.29) is 30.3 Å². The van der Waals surface area contributed by atoms with E-state index >= 15 is 0 Å². The lowest BCUT2D eigenvalue weighted by Gasteiger charge is -2.08. The molecular formula is C17H11F4N5O2S. The number of aryl methyl sites for hydroxylation is 2. The van der Waals surface area contributed by atoms with E-state index in [4.69, 9.17) is 0 Å². The molecule has 0 bridgehead atoms. The molecule has 29 heavy (non-hydrogen) atoms. The predicted molar refractivity (Wildman–Crippen MR) is 96.5 cm³/mol. The number of nitrogens with zero attached hydrogens (tertiary/aromatic N) is 5. The van der Waals surface area contributed by atoms with Crippen LogP contribution in [0.1, 0.15) is 11.5 Å².